The van der Waals surface area contributed by atoms with Crippen LogP contribution in [0.5, 0.6) is 28.7 Å². The van der Waals surface area contributed by atoms with E-state index in [0.29, 0.717) is 37.5 Å². The van der Waals surface area contributed by atoms with Crippen molar-refractivity contribution in [3.05, 3.63) is 69.9 Å². The van der Waals surface area contributed by atoms with Crippen LogP contribution in [0.2, 0.25) is 0 Å². The normalized spacial score (nSPS) is 11.6. The van der Waals surface area contributed by atoms with Gasteiger partial charge in [0, 0.05) is 41.8 Å². The van der Waals surface area contributed by atoms with E-state index in [2.05, 4.69) is 24.5 Å². The van der Waals surface area contributed by atoms with Gasteiger partial charge in [-0.3, -0.25) is 14.8 Å². The zero-order valence-corrected chi connectivity index (χ0v) is 22.9. The summed E-state index contributed by atoms with van der Waals surface area (Å²) < 4.78 is 38.1. The Balaban J connectivity index is 1.64. The fourth-order valence-corrected chi connectivity index (χ4v) is 4.29. The molecule has 0 aliphatic heterocycles. The van der Waals surface area contributed by atoms with Crippen molar-refractivity contribution in [3.63, 3.8) is 0 Å². The third-order valence-corrected chi connectivity index (χ3v) is 5.95. The van der Waals surface area contributed by atoms with Crippen LogP contribution in [-0.4, -0.2) is 35.9 Å². The number of carbonyl (C=O) groups excluding carboxylic acids is 1. The third-order valence-electron chi connectivity index (χ3n) is 5.01. The Bertz CT molecular complexity index is 1410. The first-order valence-corrected chi connectivity index (χ1v) is 12.4. The zero-order chi connectivity index (χ0) is 25.8. The predicted molar refractivity (Wildman–Crippen MR) is 146 cm³/mol. The first-order valence-electron chi connectivity index (χ1n) is 10.7. The Hall–Kier alpha value is -3.24. The monoisotopic (exact) mass is 621 g/mol. The fourth-order valence-electron chi connectivity index (χ4n) is 3.44. The second-order valence-electron chi connectivity index (χ2n) is 7.55. The number of fused-ring (bicyclic) bond motifs is 1. The summed E-state index contributed by atoms with van der Waals surface area (Å²) in [6, 6.07) is 9.49. The standard InChI is InChI=1S/C25H22FIN3O5P/c1-13(36)34-23-11-19-15(10-22(23)33-3)21(5-7-29-19)35-24-17(26)8-14(9-18(24)27)30-25(31)16-12-28-6-4-20(16)32-2/h4-13H,36H2,1-3H3,(H,30,31). The van der Waals surface area contributed by atoms with Gasteiger partial charge in [0.05, 0.1) is 28.9 Å². The molecule has 0 fully saturated rings. The molecule has 0 aliphatic rings. The molecule has 36 heavy (non-hydrogen) atoms. The topological polar surface area (TPSA) is 91.8 Å². The van der Waals surface area contributed by atoms with Crippen molar-refractivity contribution in [3.8, 4) is 28.7 Å². The number of nitrogens with zero attached hydrogens (tertiary/aromatic N) is 2. The van der Waals surface area contributed by atoms with Crippen LogP contribution in [0.4, 0.5) is 10.1 Å². The average Bonchev–Trinajstić information content (AvgIpc) is 2.85. The number of benzene rings is 2. The lowest BCUT2D eigenvalue weighted by molar-refractivity contribution is 0.102. The van der Waals surface area contributed by atoms with Gasteiger partial charge in [0.15, 0.2) is 23.1 Å². The van der Waals surface area contributed by atoms with Crippen molar-refractivity contribution in [1.82, 2.24) is 9.97 Å². The maximum absolute atomic E-state index is 15.2. The van der Waals surface area contributed by atoms with Gasteiger partial charge in [0.25, 0.3) is 5.91 Å². The van der Waals surface area contributed by atoms with Crippen molar-refractivity contribution in [1.29, 1.82) is 0 Å². The zero-order valence-electron chi connectivity index (χ0n) is 19.5. The summed E-state index contributed by atoms with van der Waals surface area (Å²) in [6.07, 6.45) is 4.46. The largest absolute Gasteiger partial charge is 0.496 e. The molecule has 186 valence electrons. The maximum Gasteiger partial charge on any atom is 0.261 e. The number of ether oxygens (including phenoxy) is 4. The quantitative estimate of drug-likeness (QED) is 0.190. The summed E-state index contributed by atoms with van der Waals surface area (Å²) in [5.41, 5.74) is 1.08. The molecule has 4 rings (SSSR count). The molecule has 11 heteroatoms. The fraction of sp³-hybridized carbons (Fsp3) is 0.160. The van der Waals surface area contributed by atoms with Gasteiger partial charge in [0.1, 0.15) is 17.3 Å². The lowest BCUT2D eigenvalue weighted by Gasteiger charge is -2.16. The van der Waals surface area contributed by atoms with Gasteiger partial charge in [0.2, 0.25) is 0 Å². The highest BCUT2D eigenvalue weighted by molar-refractivity contribution is 14.1. The molecule has 2 atom stereocenters. The summed E-state index contributed by atoms with van der Waals surface area (Å²) in [6.45, 7) is 1.88. The van der Waals surface area contributed by atoms with Crippen molar-refractivity contribution < 1.29 is 28.1 Å². The van der Waals surface area contributed by atoms with Crippen LogP contribution in [0.3, 0.4) is 0 Å². The molecular weight excluding hydrogens is 599 g/mol. The number of halogens is 2. The average molecular weight is 621 g/mol. The lowest BCUT2D eigenvalue weighted by atomic mass is 10.1. The molecule has 0 saturated carbocycles. The highest BCUT2D eigenvalue weighted by Crippen LogP contribution is 2.39. The number of anilines is 1. The van der Waals surface area contributed by atoms with E-state index in [1.807, 2.05) is 29.5 Å². The Morgan fingerprint density at radius 1 is 1.06 bits per heavy atom. The first-order chi connectivity index (χ1) is 17.3. The number of methoxy groups -OCH3 is 2. The van der Waals surface area contributed by atoms with Crippen molar-refractivity contribution >= 4 is 54.3 Å². The molecule has 0 saturated heterocycles. The molecule has 8 nitrogen and oxygen atoms in total. The van der Waals surface area contributed by atoms with Crippen LogP contribution in [0.25, 0.3) is 10.9 Å². The van der Waals surface area contributed by atoms with E-state index in [9.17, 15) is 4.79 Å². The third kappa shape index (κ3) is 5.60. The molecule has 2 aromatic heterocycles. The number of rotatable bonds is 8. The molecule has 0 aliphatic carbocycles. The van der Waals surface area contributed by atoms with E-state index in [0.717, 1.165) is 0 Å². The number of amides is 1. The van der Waals surface area contributed by atoms with Crippen molar-refractivity contribution in [2.45, 2.75) is 12.8 Å². The molecular formula is C25H22FIN3O5P. The second-order valence-corrected chi connectivity index (χ2v) is 9.65. The van der Waals surface area contributed by atoms with Gasteiger partial charge in [-0.15, -0.1) is 0 Å². The first kappa shape index (κ1) is 25.8. The number of hydrogen-bond acceptors (Lipinski definition) is 7. The summed E-state index contributed by atoms with van der Waals surface area (Å²) in [5, 5.41) is 3.29. The van der Waals surface area contributed by atoms with E-state index in [-0.39, 0.29) is 22.8 Å². The molecule has 1 amide bonds. The van der Waals surface area contributed by atoms with Gasteiger partial charge >= 0.3 is 0 Å². The molecule has 2 unspecified atom stereocenters. The van der Waals surface area contributed by atoms with Gasteiger partial charge in [-0.25, -0.2) is 4.39 Å². The summed E-state index contributed by atoms with van der Waals surface area (Å²) in [5.74, 6) is 0.522. The van der Waals surface area contributed by atoms with Gasteiger partial charge in [-0.1, -0.05) is 9.24 Å². The minimum atomic E-state index is -0.649. The Morgan fingerprint density at radius 2 is 1.81 bits per heavy atom. The lowest BCUT2D eigenvalue weighted by Crippen LogP contribution is -2.14. The molecule has 0 spiro atoms. The van der Waals surface area contributed by atoms with Crippen molar-refractivity contribution in [2.75, 3.05) is 19.5 Å². The predicted octanol–water partition coefficient (Wildman–Crippen LogP) is 6.04. The number of hydrogen-bond donors (Lipinski definition) is 1. The highest BCUT2D eigenvalue weighted by Gasteiger charge is 2.18. The van der Waals surface area contributed by atoms with E-state index in [1.54, 1.807) is 36.5 Å². The minimum absolute atomic E-state index is 0.0120. The van der Waals surface area contributed by atoms with E-state index in [4.69, 9.17) is 18.9 Å². The maximum atomic E-state index is 15.2. The second kappa shape index (κ2) is 11.2. The minimum Gasteiger partial charge on any atom is -0.496 e. The highest BCUT2D eigenvalue weighted by atomic mass is 127. The van der Waals surface area contributed by atoms with Crippen LogP contribution in [0.15, 0.2) is 55.0 Å². The molecule has 4 aromatic rings. The summed E-state index contributed by atoms with van der Waals surface area (Å²) >= 11 is 1.95. The Labute approximate surface area is 222 Å². The van der Waals surface area contributed by atoms with Crippen LogP contribution >= 0.6 is 31.8 Å². The van der Waals surface area contributed by atoms with Gasteiger partial charge < -0.3 is 24.3 Å². The smallest absolute Gasteiger partial charge is 0.261 e. The van der Waals surface area contributed by atoms with Crippen molar-refractivity contribution in [2.24, 2.45) is 0 Å². The van der Waals surface area contributed by atoms with Gasteiger partial charge in [-0.05, 0) is 53.8 Å². The molecule has 0 bridgehead atoms. The van der Waals surface area contributed by atoms with E-state index >= 15 is 4.39 Å². The van der Waals surface area contributed by atoms with Crippen LogP contribution in [0, 0.1) is 9.39 Å². The number of carbonyl (C=O) groups is 1. The summed E-state index contributed by atoms with van der Waals surface area (Å²) in [7, 11) is 5.55. The number of nitrogens with one attached hydrogen (secondary N) is 1. The van der Waals surface area contributed by atoms with Crippen LogP contribution in [-0.2, 0) is 0 Å². The molecule has 0 radical (unpaired) electrons. The SMILES string of the molecule is COc1cc2c(Oc3c(F)cc(NC(=O)c4cnccc4OC)cc3I)ccnc2cc1OC(C)P. The Kier molecular flexibility index (Phi) is 8.05. The molecule has 2 heterocycles. The summed E-state index contributed by atoms with van der Waals surface area (Å²) in [4.78, 5) is 21.0. The van der Waals surface area contributed by atoms with E-state index in [1.165, 1.54) is 32.7 Å². The van der Waals surface area contributed by atoms with Gasteiger partial charge in [-0.2, -0.15) is 0 Å². The van der Waals surface area contributed by atoms with E-state index < -0.39 is 11.7 Å². The molecule has 1 N–H and O–H groups in total. The number of aromatic nitrogens is 2. The van der Waals surface area contributed by atoms with Crippen LogP contribution in [0.1, 0.15) is 17.3 Å². The Morgan fingerprint density at radius 3 is 2.50 bits per heavy atom. The molecule has 2 aromatic carbocycles. The number of pyridine rings is 2. The van der Waals surface area contributed by atoms with Crippen LogP contribution < -0.4 is 24.3 Å².